The van der Waals surface area contributed by atoms with Crippen molar-refractivity contribution in [3.63, 3.8) is 0 Å². The van der Waals surface area contributed by atoms with Gasteiger partial charge in [-0.3, -0.25) is 4.79 Å². The quantitative estimate of drug-likeness (QED) is 0.296. The Morgan fingerprint density at radius 2 is 1.94 bits per heavy atom. The number of thioether (sulfide) groups is 1. The Hall–Kier alpha value is -3.37. The summed E-state index contributed by atoms with van der Waals surface area (Å²) in [5.74, 6) is -1.28. The molecule has 8 nitrogen and oxygen atoms in total. The van der Waals surface area contributed by atoms with Crippen molar-refractivity contribution >= 4 is 23.5 Å². The number of aromatic nitrogens is 3. The third kappa shape index (κ3) is 5.03. The average molecular weight is 497 g/mol. The van der Waals surface area contributed by atoms with E-state index in [2.05, 4.69) is 20.3 Å². The maximum atomic E-state index is 14.2. The van der Waals surface area contributed by atoms with Crippen molar-refractivity contribution in [2.75, 3.05) is 19.9 Å². The molecule has 1 aliphatic rings. The van der Waals surface area contributed by atoms with Crippen molar-refractivity contribution in [3.05, 3.63) is 65.9 Å². The van der Waals surface area contributed by atoms with Gasteiger partial charge in [-0.05, 0) is 56.4 Å². The van der Waals surface area contributed by atoms with Gasteiger partial charge in [-0.1, -0.05) is 0 Å². The van der Waals surface area contributed by atoms with Gasteiger partial charge in [-0.25, -0.2) is 24.1 Å². The minimum Gasteiger partial charge on any atom is -0.465 e. The molecule has 3 aromatic rings. The number of piperidine rings is 1. The molecule has 0 amide bonds. The van der Waals surface area contributed by atoms with Gasteiger partial charge in [0.2, 0.25) is 11.7 Å². The minimum atomic E-state index is -1.40. The molecule has 0 aliphatic carbocycles. The van der Waals surface area contributed by atoms with Crippen LogP contribution in [0.2, 0.25) is 0 Å². The monoisotopic (exact) mass is 496 g/mol. The number of hydrogen-bond acceptors (Lipinski definition) is 9. The molecule has 0 spiro atoms. The van der Waals surface area contributed by atoms with Crippen molar-refractivity contribution in [1.29, 1.82) is 0 Å². The molecule has 182 valence electrons. The van der Waals surface area contributed by atoms with Crippen molar-refractivity contribution in [2.24, 2.45) is 0 Å². The minimum absolute atomic E-state index is 0.00743. The fourth-order valence-corrected chi connectivity index (χ4v) is 4.61. The maximum absolute atomic E-state index is 14.2. The van der Waals surface area contributed by atoms with Gasteiger partial charge in [0.25, 0.3) is 0 Å². The number of halogens is 1. The normalized spacial score (nSPS) is 19.7. The number of Topliss-reactive ketones (excluding diaryl/α,β-unsaturated/α-hetero) is 1. The number of methoxy groups -OCH3 is 1. The van der Waals surface area contributed by atoms with E-state index >= 15 is 0 Å². The van der Waals surface area contributed by atoms with E-state index in [9.17, 15) is 14.0 Å². The van der Waals surface area contributed by atoms with Crippen LogP contribution in [0.15, 0.2) is 53.8 Å². The summed E-state index contributed by atoms with van der Waals surface area (Å²) >= 11 is 1.34. The Morgan fingerprint density at radius 1 is 1.17 bits per heavy atom. The molecule has 2 aromatic heterocycles. The molecule has 0 saturated carbocycles. The molecule has 0 unspecified atom stereocenters. The van der Waals surface area contributed by atoms with Crippen molar-refractivity contribution in [2.45, 2.75) is 36.3 Å². The highest BCUT2D eigenvalue weighted by molar-refractivity contribution is 7.98. The van der Waals surface area contributed by atoms with Gasteiger partial charge in [0, 0.05) is 47.2 Å². The zero-order chi connectivity index (χ0) is 25.0. The van der Waals surface area contributed by atoms with E-state index in [1.165, 1.54) is 55.7 Å². The van der Waals surface area contributed by atoms with Crippen LogP contribution < -0.4 is 10.1 Å². The van der Waals surface area contributed by atoms with Crippen LogP contribution in [0.5, 0.6) is 5.88 Å². The van der Waals surface area contributed by atoms with Crippen LogP contribution in [0.1, 0.15) is 40.5 Å². The summed E-state index contributed by atoms with van der Waals surface area (Å²) in [6.45, 7) is 2.19. The zero-order valence-electron chi connectivity index (χ0n) is 19.6. The fourth-order valence-electron chi connectivity index (χ4n) is 4.04. The maximum Gasteiger partial charge on any atom is 0.344 e. The second-order valence-corrected chi connectivity index (χ2v) is 9.04. The largest absolute Gasteiger partial charge is 0.465 e. The summed E-state index contributed by atoms with van der Waals surface area (Å²) in [6.07, 6.45) is 7.39. The molecule has 1 aliphatic heterocycles. The van der Waals surface area contributed by atoms with Crippen LogP contribution in [0.25, 0.3) is 11.4 Å². The number of nitrogens with zero attached hydrogens (tertiary/aromatic N) is 3. The molecule has 35 heavy (non-hydrogen) atoms. The lowest BCUT2D eigenvalue weighted by atomic mass is 9.82. The van der Waals surface area contributed by atoms with Crippen molar-refractivity contribution < 1.29 is 23.5 Å². The Kier molecular flexibility index (Phi) is 7.42. The van der Waals surface area contributed by atoms with E-state index in [1.54, 1.807) is 12.1 Å². The highest BCUT2D eigenvalue weighted by Gasteiger charge is 2.46. The van der Waals surface area contributed by atoms with Gasteiger partial charge in [-0.2, -0.15) is 0 Å². The summed E-state index contributed by atoms with van der Waals surface area (Å²) in [5, 5.41) is 3.31. The number of nitrogens with one attached hydrogen (secondary N) is 1. The predicted molar refractivity (Wildman–Crippen MR) is 129 cm³/mol. The SMILES string of the molecule is COC(=O)c1c(SC)ccnc1O[C@]1(C(=O)c2ccc(F)cc2-c2ncccn2)CC[C@@H](C)NC1. The molecule has 1 saturated heterocycles. The number of hydrogen-bond donors (Lipinski definition) is 1. The van der Waals surface area contributed by atoms with Crippen LogP contribution >= 0.6 is 11.8 Å². The number of benzene rings is 1. The van der Waals surface area contributed by atoms with E-state index in [4.69, 9.17) is 9.47 Å². The number of ketones is 1. The average Bonchev–Trinajstić information content (AvgIpc) is 2.89. The summed E-state index contributed by atoms with van der Waals surface area (Å²) in [6, 6.07) is 7.36. The first kappa shape index (κ1) is 24.7. The highest BCUT2D eigenvalue weighted by atomic mass is 32.2. The Bertz CT molecular complexity index is 1230. The van der Waals surface area contributed by atoms with E-state index in [0.29, 0.717) is 17.7 Å². The molecular formula is C25H25FN4O4S. The van der Waals surface area contributed by atoms with E-state index < -0.39 is 17.4 Å². The molecule has 1 N–H and O–H groups in total. The molecule has 1 aromatic carbocycles. The van der Waals surface area contributed by atoms with Crippen molar-refractivity contribution in [1.82, 2.24) is 20.3 Å². The first-order valence-electron chi connectivity index (χ1n) is 11.0. The third-order valence-electron chi connectivity index (χ3n) is 5.94. The van der Waals surface area contributed by atoms with E-state index in [-0.39, 0.29) is 46.8 Å². The topological polar surface area (TPSA) is 103 Å². The predicted octanol–water partition coefficient (Wildman–Crippen LogP) is 3.96. The fraction of sp³-hybridized carbons (Fsp3) is 0.320. The number of carbonyl (C=O) groups is 2. The molecule has 4 rings (SSSR count). The standard InChI is InChI=1S/C25H25FN4O4S/c1-15-7-9-25(14-30-15,34-23-20(24(32)33-2)19(35-3)8-12-29-23)21(31)17-6-5-16(26)13-18(17)22-27-10-4-11-28-22/h4-6,8,10-13,15,30H,7,9,14H2,1-3H3/t15-,25-/m1/s1. The summed E-state index contributed by atoms with van der Waals surface area (Å²) in [4.78, 5) is 40.1. The van der Waals surface area contributed by atoms with Crippen LogP contribution in [0.3, 0.4) is 0 Å². The molecule has 3 heterocycles. The third-order valence-corrected chi connectivity index (χ3v) is 6.72. The van der Waals surface area contributed by atoms with Crippen molar-refractivity contribution in [3.8, 4) is 17.3 Å². The second kappa shape index (κ2) is 10.5. The van der Waals surface area contributed by atoms with Crippen LogP contribution in [-0.4, -0.2) is 58.3 Å². The first-order valence-corrected chi connectivity index (χ1v) is 12.3. The number of pyridine rings is 1. The van der Waals surface area contributed by atoms with Gasteiger partial charge >= 0.3 is 5.97 Å². The molecule has 0 radical (unpaired) electrons. The lowest BCUT2D eigenvalue weighted by molar-refractivity contribution is 0.0246. The summed E-state index contributed by atoms with van der Waals surface area (Å²) in [7, 11) is 1.28. The number of rotatable bonds is 7. The summed E-state index contributed by atoms with van der Waals surface area (Å²) < 4.78 is 25.5. The highest BCUT2D eigenvalue weighted by Crippen LogP contribution is 2.36. The van der Waals surface area contributed by atoms with Gasteiger partial charge in [0.05, 0.1) is 7.11 Å². The van der Waals surface area contributed by atoms with Gasteiger partial charge < -0.3 is 14.8 Å². The number of esters is 1. The van der Waals surface area contributed by atoms with Crippen LogP contribution in [0, 0.1) is 5.82 Å². The molecule has 1 fully saturated rings. The van der Waals surface area contributed by atoms with Gasteiger partial charge in [0.15, 0.2) is 11.4 Å². The lowest BCUT2D eigenvalue weighted by Crippen LogP contribution is -2.58. The van der Waals surface area contributed by atoms with E-state index in [0.717, 1.165) is 0 Å². The number of ether oxygens (including phenoxy) is 2. The smallest absolute Gasteiger partial charge is 0.344 e. The Balaban J connectivity index is 1.83. The molecule has 2 atom stereocenters. The summed E-state index contributed by atoms with van der Waals surface area (Å²) in [5.41, 5.74) is -0.773. The Morgan fingerprint density at radius 3 is 2.60 bits per heavy atom. The lowest BCUT2D eigenvalue weighted by Gasteiger charge is -2.39. The van der Waals surface area contributed by atoms with Gasteiger partial charge in [0.1, 0.15) is 11.4 Å². The Labute approximate surface area is 206 Å². The van der Waals surface area contributed by atoms with Gasteiger partial charge in [-0.15, -0.1) is 11.8 Å². The van der Waals surface area contributed by atoms with E-state index in [1.807, 2.05) is 13.2 Å². The molecule has 10 heteroatoms. The van der Waals surface area contributed by atoms with Crippen LogP contribution in [0.4, 0.5) is 4.39 Å². The second-order valence-electron chi connectivity index (χ2n) is 8.19. The zero-order valence-corrected chi connectivity index (χ0v) is 20.4. The number of carbonyl (C=O) groups excluding carboxylic acids is 2. The van der Waals surface area contributed by atoms with Crippen LogP contribution in [-0.2, 0) is 4.74 Å². The first-order chi connectivity index (χ1) is 16.9. The molecular weight excluding hydrogens is 471 g/mol. The molecule has 0 bridgehead atoms.